The third-order valence-electron chi connectivity index (χ3n) is 3.53. The van der Waals surface area contributed by atoms with Gasteiger partial charge in [-0.1, -0.05) is 6.42 Å². The molecule has 1 aromatic rings. The number of hydrogen-bond acceptors (Lipinski definition) is 5. The molecule has 5 heteroatoms. The Hall–Kier alpha value is -1.10. The smallest absolute Gasteiger partial charge is 0.311 e. The first-order chi connectivity index (χ1) is 9.22. The van der Waals surface area contributed by atoms with Gasteiger partial charge in [-0.25, -0.2) is 4.98 Å². The van der Waals surface area contributed by atoms with Gasteiger partial charge in [-0.05, 0) is 32.6 Å². The first kappa shape index (κ1) is 14.3. The number of thiazole rings is 1. The summed E-state index contributed by atoms with van der Waals surface area (Å²) >= 11 is 1.63. The highest BCUT2D eigenvalue weighted by Crippen LogP contribution is 2.30. The molecular weight excluding hydrogens is 260 g/mol. The minimum atomic E-state index is -0.193. The number of aromatic nitrogens is 1. The molecule has 1 heterocycles. The second-order valence-corrected chi connectivity index (χ2v) is 5.78. The van der Waals surface area contributed by atoms with E-state index in [1.165, 1.54) is 19.3 Å². The van der Waals surface area contributed by atoms with Crippen LogP contribution in [0.2, 0.25) is 0 Å². The highest BCUT2D eigenvalue weighted by atomic mass is 32.1. The Morgan fingerprint density at radius 3 is 2.89 bits per heavy atom. The molecule has 0 aliphatic heterocycles. The van der Waals surface area contributed by atoms with E-state index in [-0.39, 0.29) is 12.4 Å². The van der Waals surface area contributed by atoms with Crippen molar-refractivity contribution >= 4 is 22.4 Å². The molecule has 106 valence electrons. The monoisotopic (exact) mass is 282 g/mol. The minimum absolute atomic E-state index is 0.193. The van der Waals surface area contributed by atoms with Crippen molar-refractivity contribution in [2.75, 3.05) is 24.6 Å². The topological polar surface area (TPSA) is 42.4 Å². The van der Waals surface area contributed by atoms with E-state index in [2.05, 4.69) is 16.8 Å². The summed E-state index contributed by atoms with van der Waals surface area (Å²) in [5.41, 5.74) is 0.825. The maximum atomic E-state index is 11.4. The summed E-state index contributed by atoms with van der Waals surface area (Å²) in [6.45, 7) is 6.48. The van der Waals surface area contributed by atoms with E-state index >= 15 is 0 Å². The fraction of sp³-hybridized carbons (Fsp3) is 0.714. The van der Waals surface area contributed by atoms with Crippen LogP contribution in [0.1, 0.15) is 38.8 Å². The van der Waals surface area contributed by atoms with Crippen molar-refractivity contribution in [2.45, 2.75) is 39.5 Å². The average Bonchev–Trinajstić information content (AvgIpc) is 2.76. The lowest BCUT2D eigenvalue weighted by Crippen LogP contribution is -2.32. The van der Waals surface area contributed by atoms with Gasteiger partial charge in [0.15, 0.2) is 5.13 Å². The lowest BCUT2D eigenvalue weighted by Gasteiger charge is -2.31. The highest BCUT2D eigenvalue weighted by molar-refractivity contribution is 7.13. The molecule has 0 aromatic carbocycles. The Kier molecular flexibility index (Phi) is 5.19. The van der Waals surface area contributed by atoms with Crippen LogP contribution in [0.5, 0.6) is 0 Å². The average molecular weight is 282 g/mol. The van der Waals surface area contributed by atoms with E-state index < -0.39 is 0 Å². The summed E-state index contributed by atoms with van der Waals surface area (Å²) < 4.78 is 4.95. The van der Waals surface area contributed by atoms with Gasteiger partial charge < -0.3 is 9.64 Å². The van der Waals surface area contributed by atoms with Crippen LogP contribution in [0.3, 0.4) is 0 Å². The molecule has 1 aliphatic rings. The number of carbonyl (C=O) groups is 1. The van der Waals surface area contributed by atoms with Crippen molar-refractivity contribution < 1.29 is 9.53 Å². The van der Waals surface area contributed by atoms with Crippen LogP contribution in [-0.4, -0.2) is 30.6 Å². The van der Waals surface area contributed by atoms with Gasteiger partial charge in [-0.2, -0.15) is 0 Å². The molecule has 0 saturated heterocycles. The summed E-state index contributed by atoms with van der Waals surface area (Å²) in [5.74, 6) is 0.638. The Morgan fingerprint density at radius 2 is 2.32 bits per heavy atom. The summed E-state index contributed by atoms with van der Waals surface area (Å²) in [5, 5.41) is 3.00. The molecule has 2 rings (SSSR count). The Balaban J connectivity index is 1.91. The maximum absolute atomic E-state index is 11.4. The molecule has 0 atom stereocenters. The SMILES string of the molecule is CCOC(=O)Cc1csc(N(CC)CC2CCC2)n1. The predicted octanol–water partition coefficient (Wildman–Crippen LogP) is 2.88. The second-order valence-electron chi connectivity index (χ2n) is 4.94. The van der Waals surface area contributed by atoms with Crippen molar-refractivity contribution in [3.8, 4) is 0 Å². The van der Waals surface area contributed by atoms with Gasteiger partial charge in [0, 0.05) is 18.5 Å². The molecule has 0 N–H and O–H groups in total. The number of esters is 1. The summed E-state index contributed by atoms with van der Waals surface area (Å²) in [6.07, 6.45) is 4.34. The quantitative estimate of drug-likeness (QED) is 0.721. The van der Waals surface area contributed by atoms with Gasteiger partial charge in [0.2, 0.25) is 0 Å². The Bertz CT molecular complexity index is 415. The van der Waals surface area contributed by atoms with Crippen LogP contribution in [0.25, 0.3) is 0 Å². The summed E-state index contributed by atoms with van der Waals surface area (Å²) in [4.78, 5) is 18.3. The standard InChI is InChI=1S/C14H22N2O2S/c1-3-16(9-11-6-5-7-11)14-15-12(10-19-14)8-13(17)18-4-2/h10-11H,3-9H2,1-2H3. The number of rotatable bonds is 7. The normalized spacial score (nSPS) is 15.1. The van der Waals surface area contributed by atoms with Crippen LogP contribution in [0, 0.1) is 5.92 Å². The number of ether oxygens (including phenoxy) is 1. The predicted molar refractivity (Wildman–Crippen MR) is 77.7 cm³/mol. The summed E-state index contributed by atoms with van der Waals surface area (Å²) in [7, 11) is 0. The zero-order valence-corrected chi connectivity index (χ0v) is 12.5. The van der Waals surface area contributed by atoms with Crippen molar-refractivity contribution in [3.05, 3.63) is 11.1 Å². The van der Waals surface area contributed by atoms with E-state index in [1.807, 2.05) is 12.3 Å². The van der Waals surface area contributed by atoms with Crippen LogP contribution in [0.15, 0.2) is 5.38 Å². The fourth-order valence-corrected chi connectivity index (χ4v) is 3.11. The molecule has 0 unspecified atom stereocenters. The van der Waals surface area contributed by atoms with E-state index in [0.717, 1.165) is 29.8 Å². The lowest BCUT2D eigenvalue weighted by atomic mass is 9.85. The molecule has 1 saturated carbocycles. The van der Waals surface area contributed by atoms with E-state index in [1.54, 1.807) is 11.3 Å². The third-order valence-corrected chi connectivity index (χ3v) is 4.48. The number of nitrogens with zero attached hydrogens (tertiary/aromatic N) is 2. The van der Waals surface area contributed by atoms with Crippen molar-refractivity contribution in [1.29, 1.82) is 0 Å². The van der Waals surface area contributed by atoms with Gasteiger partial charge in [-0.3, -0.25) is 4.79 Å². The van der Waals surface area contributed by atoms with Gasteiger partial charge in [-0.15, -0.1) is 11.3 Å². The zero-order chi connectivity index (χ0) is 13.7. The van der Waals surface area contributed by atoms with Gasteiger partial charge in [0.05, 0.1) is 18.7 Å². The third kappa shape index (κ3) is 3.93. The van der Waals surface area contributed by atoms with Crippen LogP contribution in [-0.2, 0) is 16.0 Å². The molecule has 0 bridgehead atoms. The second kappa shape index (κ2) is 6.89. The largest absolute Gasteiger partial charge is 0.466 e. The molecule has 0 spiro atoms. The molecule has 4 nitrogen and oxygen atoms in total. The first-order valence-corrected chi connectivity index (χ1v) is 7.95. The van der Waals surface area contributed by atoms with E-state index in [4.69, 9.17) is 4.74 Å². The molecule has 0 amide bonds. The number of carbonyl (C=O) groups excluding carboxylic acids is 1. The molecule has 1 aromatic heterocycles. The zero-order valence-electron chi connectivity index (χ0n) is 11.7. The van der Waals surface area contributed by atoms with Crippen molar-refractivity contribution in [2.24, 2.45) is 5.92 Å². The van der Waals surface area contributed by atoms with Crippen LogP contribution >= 0.6 is 11.3 Å². The maximum Gasteiger partial charge on any atom is 0.311 e. The van der Waals surface area contributed by atoms with Gasteiger partial charge in [0.1, 0.15) is 0 Å². The highest BCUT2D eigenvalue weighted by Gasteiger charge is 2.21. The molecule has 1 fully saturated rings. The summed E-state index contributed by atoms with van der Waals surface area (Å²) in [6, 6.07) is 0. The van der Waals surface area contributed by atoms with Crippen LogP contribution < -0.4 is 4.90 Å². The van der Waals surface area contributed by atoms with Gasteiger partial charge in [0.25, 0.3) is 0 Å². The van der Waals surface area contributed by atoms with Crippen molar-refractivity contribution in [3.63, 3.8) is 0 Å². The molecule has 1 aliphatic carbocycles. The molecular formula is C14H22N2O2S. The van der Waals surface area contributed by atoms with Gasteiger partial charge >= 0.3 is 5.97 Å². The fourth-order valence-electron chi connectivity index (χ4n) is 2.21. The van der Waals surface area contributed by atoms with Crippen molar-refractivity contribution in [1.82, 2.24) is 4.98 Å². The Morgan fingerprint density at radius 1 is 1.53 bits per heavy atom. The minimum Gasteiger partial charge on any atom is -0.466 e. The number of anilines is 1. The molecule has 19 heavy (non-hydrogen) atoms. The number of hydrogen-bond donors (Lipinski definition) is 0. The first-order valence-electron chi connectivity index (χ1n) is 7.07. The lowest BCUT2D eigenvalue weighted by molar-refractivity contribution is -0.142. The molecule has 0 radical (unpaired) electrons. The van der Waals surface area contributed by atoms with E-state index in [9.17, 15) is 4.79 Å². The van der Waals surface area contributed by atoms with E-state index in [0.29, 0.717) is 6.61 Å². The van der Waals surface area contributed by atoms with Crippen LogP contribution in [0.4, 0.5) is 5.13 Å². The Labute approximate surface area is 118 Å².